The van der Waals surface area contributed by atoms with E-state index in [-0.39, 0.29) is 37.7 Å². The average molecular weight is 570 g/mol. The molecule has 0 aliphatic carbocycles. The van der Waals surface area contributed by atoms with Gasteiger partial charge in [-0.05, 0) is 71.5 Å². The van der Waals surface area contributed by atoms with Crippen LogP contribution in [0.25, 0.3) is 0 Å². The molecular weight excluding hydrogens is 506 g/mol. The van der Waals surface area contributed by atoms with E-state index in [1.165, 1.54) is 0 Å². The molecule has 0 heterocycles. The number of carbonyl (C=O) groups excluding carboxylic acids is 3. The molecule has 0 aliphatic heterocycles. The van der Waals surface area contributed by atoms with Gasteiger partial charge < -0.3 is 19.1 Å². The Kier molecular flexibility index (Phi) is 23.0. The highest BCUT2D eigenvalue weighted by Crippen LogP contribution is 2.25. The van der Waals surface area contributed by atoms with E-state index in [0.717, 1.165) is 83.6 Å². The van der Waals surface area contributed by atoms with Crippen molar-refractivity contribution in [3.8, 4) is 0 Å². The van der Waals surface area contributed by atoms with Gasteiger partial charge in [-0.1, -0.05) is 79.1 Å². The van der Waals surface area contributed by atoms with Crippen molar-refractivity contribution < 1.29 is 28.6 Å². The van der Waals surface area contributed by atoms with Gasteiger partial charge in [0, 0.05) is 19.3 Å². The molecule has 40 heavy (non-hydrogen) atoms. The molecule has 0 aromatic carbocycles. The van der Waals surface area contributed by atoms with Crippen LogP contribution in [-0.2, 0) is 28.6 Å². The monoisotopic (exact) mass is 569 g/mol. The molecule has 0 spiro atoms. The van der Waals surface area contributed by atoms with Gasteiger partial charge in [0.2, 0.25) is 0 Å². The lowest BCUT2D eigenvalue weighted by Crippen LogP contribution is -2.37. The van der Waals surface area contributed by atoms with Crippen LogP contribution < -0.4 is 0 Å². The van der Waals surface area contributed by atoms with Crippen LogP contribution in [0.1, 0.15) is 137 Å². The summed E-state index contributed by atoms with van der Waals surface area (Å²) in [4.78, 5) is 40.0. The zero-order valence-electron chi connectivity index (χ0n) is 27.2. The minimum absolute atomic E-state index is 0.0402. The highest BCUT2D eigenvalue weighted by molar-refractivity contribution is 5.70. The first-order valence-corrected chi connectivity index (χ1v) is 16.2. The SMILES string of the molecule is CCCCC(CCCC)CC(=O)OCC(C)(COC(=O)CCCN(C)C)COC(=O)CC(CCCC)CCCC. The predicted molar refractivity (Wildman–Crippen MR) is 163 cm³/mol. The number of esters is 3. The Labute approximate surface area is 246 Å². The number of carbonyl (C=O) groups is 3. The summed E-state index contributed by atoms with van der Waals surface area (Å²) in [5.74, 6) is -0.0926. The molecule has 0 unspecified atom stereocenters. The van der Waals surface area contributed by atoms with Crippen LogP contribution in [0.4, 0.5) is 0 Å². The quantitative estimate of drug-likeness (QED) is 0.0778. The minimum atomic E-state index is -0.798. The molecule has 7 heteroatoms. The van der Waals surface area contributed by atoms with Crippen molar-refractivity contribution in [3.05, 3.63) is 0 Å². The van der Waals surface area contributed by atoms with Gasteiger partial charge in [-0.15, -0.1) is 0 Å². The van der Waals surface area contributed by atoms with Gasteiger partial charge in [0.05, 0.1) is 5.41 Å². The fraction of sp³-hybridized carbons (Fsp3) is 0.909. The zero-order valence-corrected chi connectivity index (χ0v) is 27.2. The summed E-state index contributed by atoms with van der Waals surface area (Å²) in [5.41, 5.74) is -0.798. The first kappa shape index (κ1) is 38.4. The lowest BCUT2D eigenvalue weighted by Gasteiger charge is -2.29. The predicted octanol–water partition coefficient (Wildman–Crippen LogP) is 7.74. The second-order valence-corrected chi connectivity index (χ2v) is 12.4. The molecule has 0 fully saturated rings. The van der Waals surface area contributed by atoms with E-state index in [0.29, 0.717) is 37.5 Å². The number of rotatable bonds is 26. The van der Waals surface area contributed by atoms with Gasteiger partial charge in [0.15, 0.2) is 0 Å². The van der Waals surface area contributed by atoms with Crippen molar-refractivity contribution in [1.29, 1.82) is 0 Å². The lowest BCUT2D eigenvalue weighted by molar-refractivity contribution is -0.161. The molecule has 7 nitrogen and oxygen atoms in total. The highest BCUT2D eigenvalue weighted by atomic mass is 16.6. The fourth-order valence-electron chi connectivity index (χ4n) is 4.76. The summed E-state index contributed by atoms with van der Waals surface area (Å²) in [6.45, 7) is 11.5. The van der Waals surface area contributed by atoms with Crippen LogP contribution in [0.3, 0.4) is 0 Å². The van der Waals surface area contributed by atoms with Crippen molar-refractivity contribution in [1.82, 2.24) is 4.90 Å². The third-order valence-electron chi connectivity index (χ3n) is 7.51. The number of unbranched alkanes of at least 4 members (excludes halogenated alkanes) is 4. The summed E-state index contributed by atoms with van der Waals surface area (Å²) in [5, 5.41) is 0. The molecule has 0 atom stereocenters. The van der Waals surface area contributed by atoms with Gasteiger partial charge >= 0.3 is 17.9 Å². The van der Waals surface area contributed by atoms with Gasteiger partial charge in [-0.3, -0.25) is 14.4 Å². The van der Waals surface area contributed by atoms with Gasteiger partial charge in [0.1, 0.15) is 19.8 Å². The Morgan fingerprint density at radius 1 is 0.600 bits per heavy atom. The largest absolute Gasteiger partial charge is 0.465 e. The molecule has 0 saturated heterocycles. The van der Waals surface area contributed by atoms with Crippen molar-refractivity contribution in [2.75, 3.05) is 40.5 Å². The summed E-state index contributed by atoms with van der Waals surface area (Å²) < 4.78 is 17.1. The molecule has 236 valence electrons. The Morgan fingerprint density at radius 2 is 0.950 bits per heavy atom. The Balaban J connectivity index is 5.18. The number of nitrogens with zero attached hydrogens (tertiary/aromatic N) is 1. The number of hydrogen-bond donors (Lipinski definition) is 0. The summed E-state index contributed by atoms with van der Waals surface area (Å²) in [7, 11) is 3.93. The fourth-order valence-corrected chi connectivity index (χ4v) is 4.76. The van der Waals surface area contributed by atoms with Crippen LogP contribution in [0, 0.1) is 17.3 Å². The van der Waals surface area contributed by atoms with Crippen LogP contribution >= 0.6 is 0 Å². The lowest BCUT2D eigenvalue weighted by atomic mass is 9.92. The molecule has 0 bridgehead atoms. The van der Waals surface area contributed by atoms with Crippen LogP contribution in [0.2, 0.25) is 0 Å². The first-order valence-electron chi connectivity index (χ1n) is 16.2. The average Bonchev–Trinajstić information content (AvgIpc) is 2.92. The maximum atomic E-state index is 12.8. The number of hydrogen-bond acceptors (Lipinski definition) is 7. The number of ether oxygens (including phenoxy) is 3. The van der Waals surface area contributed by atoms with Crippen molar-refractivity contribution >= 4 is 17.9 Å². The van der Waals surface area contributed by atoms with Gasteiger partial charge in [-0.25, -0.2) is 0 Å². The Hall–Kier alpha value is -1.63. The van der Waals surface area contributed by atoms with Crippen LogP contribution in [0.5, 0.6) is 0 Å². The first-order chi connectivity index (χ1) is 19.1. The van der Waals surface area contributed by atoms with E-state index in [9.17, 15) is 14.4 Å². The van der Waals surface area contributed by atoms with Gasteiger partial charge in [-0.2, -0.15) is 0 Å². The molecule has 0 aromatic heterocycles. The summed E-state index contributed by atoms with van der Waals surface area (Å²) >= 11 is 0. The molecular formula is C33H63NO6. The molecule has 0 amide bonds. The van der Waals surface area contributed by atoms with E-state index in [4.69, 9.17) is 14.2 Å². The van der Waals surface area contributed by atoms with Crippen molar-refractivity contribution in [2.24, 2.45) is 17.3 Å². The molecule has 0 radical (unpaired) electrons. The normalized spacial score (nSPS) is 11.8. The standard InChI is InChI=1S/C33H63NO6/c1-8-12-17-28(18-13-9-2)23-31(36)39-26-33(5,25-38-30(35)21-16-22-34(6)7)27-40-32(37)24-29(19-14-10-3)20-15-11-4/h28-29H,8-27H2,1-7H3. The van der Waals surface area contributed by atoms with Crippen LogP contribution in [0.15, 0.2) is 0 Å². The van der Waals surface area contributed by atoms with E-state index < -0.39 is 5.41 Å². The zero-order chi connectivity index (χ0) is 30.2. The van der Waals surface area contributed by atoms with Crippen LogP contribution in [-0.4, -0.2) is 63.3 Å². The molecule has 0 aliphatic rings. The Bertz CT molecular complexity index is 611. The van der Waals surface area contributed by atoms with E-state index in [1.807, 2.05) is 25.9 Å². The van der Waals surface area contributed by atoms with Crippen molar-refractivity contribution in [3.63, 3.8) is 0 Å². The molecule has 0 rings (SSSR count). The summed E-state index contributed by atoms with van der Waals surface area (Å²) in [6.07, 6.45) is 14.8. The second kappa shape index (κ2) is 24.0. The molecule has 0 N–H and O–H groups in total. The van der Waals surface area contributed by atoms with E-state index in [1.54, 1.807) is 0 Å². The third kappa shape index (κ3) is 21.2. The topological polar surface area (TPSA) is 82.1 Å². The third-order valence-corrected chi connectivity index (χ3v) is 7.51. The molecule has 0 saturated carbocycles. The highest BCUT2D eigenvalue weighted by Gasteiger charge is 2.31. The van der Waals surface area contributed by atoms with E-state index >= 15 is 0 Å². The van der Waals surface area contributed by atoms with Crippen molar-refractivity contribution in [2.45, 2.75) is 137 Å². The minimum Gasteiger partial charge on any atom is -0.465 e. The maximum absolute atomic E-state index is 12.8. The van der Waals surface area contributed by atoms with E-state index in [2.05, 4.69) is 27.7 Å². The Morgan fingerprint density at radius 3 is 1.27 bits per heavy atom. The maximum Gasteiger partial charge on any atom is 0.306 e. The molecule has 0 aromatic rings. The smallest absolute Gasteiger partial charge is 0.306 e. The summed E-state index contributed by atoms with van der Waals surface area (Å²) in [6, 6.07) is 0. The second-order valence-electron chi connectivity index (χ2n) is 12.4. The van der Waals surface area contributed by atoms with Gasteiger partial charge in [0.25, 0.3) is 0 Å².